The highest BCUT2D eigenvalue weighted by molar-refractivity contribution is 6.71. The van der Waals surface area contributed by atoms with Crippen molar-refractivity contribution in [3.63, 3.8) is 0 Å². The van der Waals surface area contributed by atoms with Crippen LogP contribution in [0.5, 0.6) is 0 Å². The average molecular weight is 764 g/mol. The summed E-state index contributed by atoms with van der Waals surface area (Å²) < 4.78 is 34.3. The number of ether oxygens (including phenoxy) is 1. The topological polar surface area (TPSA) is 66.4 Å². The first-order valence-electron chi connectivity index (χ1n) is 18.4. The lowest BCUT2D eigenvalue weighted by molar-refractivity contribution is -0.348. The highest BCUT2D eigenvalue weighted by Gasteiger charge is 2.59. The third kappa shape index (κ3) is 10.1. The largest absolute Gasteiger partial charge is 0.415 e. The molecule has 6 nitrogen and oxygen atoms in total. The third-order valence-corrected chi connectivity index (χ3v) is 14.2. The van der Waals surface area contributed by atoms with Gasteiger partial charge in [0.15, 0.2) is 33.3 Å². The van der Waals surface area contributed by atoms with Gasteiger partial charge in [-0.05, 0) is 151 Å². The Morgan fingerprint density at radius 1 is 0.755 bits per heavy atom. The molecule has 5 rings (SSSR count). The molecule has 0 radical (unpaired) electrons. The van der Waals surface area contributed by atoms with E-state index in [-0.39, 0.29) is 0 Å². The van der Waals surface area contributed by atoms with Gasteiger partial charge in [0.1, 0.15) is 24.4 Å². The SMILES string of the molecule is C[Si](C)(C)OC[C@H]1OC(O)(c2ccc(Cl)c(Cc3ccc(C4CC5(CCC5)C4)cc3)c2)[C@H](O[Si](C)(C)C)[C@@H](O[Si](C)(C)C)[C@@H]1O[Si](C)(C)C. The van der Waals surface area contributed by atoms with Crippen LogP contribution in [0.25, 0.3) is 0 Å². The van der Waals surface area contributed by atoms with Crippen LogP contribution < -0.4 is 0 Å². The molecule has 1 aliphatic heterocycles. The molecule has 1 heterocycles. The van der Waals surface area contributed by atoms with E-state index in [4.69, 9.17) is 34.0 Å². The zero-order chi connectivity index (χ0) is 36.2. The van der Waals surface area contributed by atoms with Gasteiger partial charge in [0.2, 0.25) is 5.79 Å². The summed E-state index contributed by atoms with van der Waals surface area (Å²) in [5, 5.41) is 13.7. The molecule has 0 aromatic heterocycles. The number of halogens is 1. The Kier molecular flexibility index (Phi) is 11.5. The molecule has 1 N–H and O–H groups in total. The van der Waals surface area contributed by atoms with Crippen molar-refractivity contribution in [2.24, 2.45) is 5.41 Å². The summed E-state index contributed by atoms with van der Waals surface area (Å²) in [6.07, 6.45) is 5.17. The van der Waals surface area contributed by atoms with Crippen LogP contribution in [-0.4, -0.2) is 69.4 Å². The van der Waals surface area contributed by atoms with Crippen LogP contribution in [-0.2, 0) is 34.6 Å². The zero-order valence-corrected chi connectivity index (χ0v) is 37.0. The van der Waals surface area contributed by atoms with E-state index in [0.29, 0.717) is 34.9 Å². The quantitative estimate of drug-likeness (QED) is 0.205. The minimum atomic E-state index is -2.25. The van der Waals surface area contributed by atoms with E-state index in [0.717, 1.165) is 5.56 Å². The van der Waals surface area contributed by atoms with E-state index in [9.17, 15) is 5.11 Å². The highest BCUT2D eigenvalue weighted by atomic mass is 35.5. The second-order valence-electron chi connectivity index (χ2n) is 19.0. The predicted molar refractivity (Wildman–Crippen MR) is 212 cm³/mol. The number of aliphatic hydroxyl groups is 1. The van der Waals surface area contributed by atoms with Crippen LogP contribution in [0.3, 0.4) is 0 Å². The normalized spacial score (nSPS) is 28.0. The fourth-order valence-corrected chi connectivity index (χ4v) is 11.7. The lowest BCUT2D eigenvalue weighted by atomic mass is 9.51. The summed E-state index contributed by atoms with van der Waals surface area (Å²) in [6.45, 7) is 26.3. The molecular formula is C38H63ClO6Si4. The molecule has 274 valence electrons. The summed E-state index contributed by atoms with van der Waals surface area (Å²) in [6, 6.07) is 14.9. The average Bonchev–Trinajstić information content (AvgIpc) is 2.89. The maximum absolute atomic E-state index is 13.0. The molecule has 49 heavy (non-hydrogen) atoms. The van der Waals surface area contributed by atoms with E-state index in [1.54, 1.807) is 0 Å². The van der Waals surface area contributed by atoms with Gasteiger partial charge in [-0.15, -0.1) is 0 Å². The molecule has 2 saturated carbocycles. The first kappa shape index (κ1) is 39.6. The van der Waals surface area contributed by atoms with Gasteiger partial charge in [-0.25, -0.2) is 0 Å². The predicted octanol–water partition coefficient (Wildman–Crippen LogP) is 10.0. The van der Waals surface area contributed by atoms with Crippen LogP contribution in [0.15, 0.2) is 42.5 Å². The molecule has 2 aromatic carbocycles. The van der Waals surface area contributed by atoms with Gasteiger partial charge in [0, 0.05) is 10.6 Å². The minimum Gasteiger partial charge on any atom is -0.415 e. The summed E-state index contributed by atoms with van der Waals surface area (Å²) >= 11 is 6.88. The highest BCUT2D eigenvalue weighted by Crippen LogP contribution is 2.61. The molecular weight excluding hydrogens is 700 g/mol. The Hall–Kier alpha value is -0.642. The molecule has 3 fully saturated rings. The monoisotopic (exact) mass is 762 g/mol. The maximum Gasteiger partial charge on any atom is 0.221 e. The Bertz CT molecular complexity index is 1430. The molecule has 1 saturated heterocycles. The summed E-state index contributed by atoms with van der Waals surface area (Å²) in [7, 11) is -8.45. The van der Waals surface area contributed by atoms with Crippen molar-refractivity contribution in [2.45, 2.75) is 153 Å². The Morgan fingerprint density at radius 3 is 1.84 bits per heavy atom. The molecule has 3 aliphatic rings. The van der Waals surface area contributed by atoms with E-state index < -0.39 is 63.5 Å². The fourth-order valence-electron chi connectivity index (χ4n) is 7.65. The Balaban J connectivity index is 1.51. The molecule has 1 unspecified atom stereocenters. The van der Waals surface area contributed by atoms with Gasteiger partial charge in [-0.2, -0.15) is 0 Å². The molecule has 2 aliphatic carbocycles. The minimum absolute atomic E-state index is 0.299. The fraction of sp³-hybridized carbons (Fsp3) is 0.684. The van der Waals surface area contributed by atoms with Crippen molar-refractivity contribution in [1.82, 2.24) is 0 Å². The molecule has 2 aromatic rings. The van der Waals surface area contributed by atoms with Crippen molar-refractivity contribution in [1.29, 1.82) is 0 Å². The third-order valence-electron chi connectivity index (χ3n) is 9.92. The van der Waals surface area contributed by atoms with Gasteiger partial charge < -0.3 is 27.5 Å². The molecule has 5 atom stereocenters. The number of rotatable bonds is 13. The first-order valence-corrected chi connectivity index (χ1v) is 32.4. The van der Waals surface area contributed by atoms with Gasteiger partial charge in [-0.1, -0.05) is 48.4 Å². The molecule has 0 amide bonds. The second kappa shape index (κ2) is 14.3. The van der Waals surface area contributed by atoms with Gasteiger partial charge >= 0.3 is 0 Å². The maximum atomic E-state index is 13.0. The van der Waals surface area contributed by atoms with E-state index in [1.807, 2.05) is 18.2 Å². The van der Waals surface area contributed by atoms with Crippen LogP contribution in [0.1, 0.15) is 60.3 Å². The lowest BCUT2D eigenvalue weighted by Crippen LogP contribution is -2.69. The Morgan fingerprint density at radius 2 is 1.33 bits per heavy atom. The summed E-state index contributed by atoms with van der Waals surface area (Å²) in [4.78, 5) is 0. The number of benzene rings is 2. The van der Waals surface area contributed by atoms with Crippen molar-refractivity contribution < 1.29 is 27.5 Å². The van der Waals surface area contributed by atoms with Gasteiger partial charge in [0.25, 0.3) is 0 Å². The molecule has 1 spiro atoms. The molecule has 11 heteroatoms. The summed E-state index contributed by atoms with van der Waals surface area (Å²) in [5.41, 5.74) is 4.85. The zero-order valence-electron chi connectivity index (χ0n) is 32.2. The van der Waals surface area contributed by atoms with Crippen molar-refractivity contribution in [3.05, 3.63) is 69.7 Å². The van der Waals surface area contributed by atoms with Gasteiger partial charge in [-0.3, -0.25) is 0 Å². The number of hydrogen-bond acceptors (Lipinski definition) is 6. The Labute approximate surface area is 306 Å². The number of hydrogen-bond donors (Lipinski definition) is 1. The summed E-state index contributed by atoms with van der Waals surface area (Å²) in [5.74, 6) is -1.12. The smallest absolute Gasteiger partial charge is 0.221 e. The van der Waals surface area contributed by atoms with Crippen LogP contribution in [0.2, 0.25) is 83.6 Å². The molecule has 0 bridgehead atoms. The van der Waals surface area contributed by atoms with Crippen molar-refractivity contribution in [2.75, 3.05) is 6.61 Å². The van der Waals surface area contributed by atoms with E-state index >= 15 is 0 Å². The first-order chi connectivity index (χ1) is 22.4. The van der Waals surface area contributed by atoms with Crippen molar-refractivity contribution in [3.8, 4) is 0 Å². The van der Waals surface area contributed by atoms with E-state index in [1.165, 1.54) is 43.2 Å². The lowest BCUT2D eigenvalue weighted by Gasteiger charge is -2.54. The standard InChI is InChI=1S/C38H63ClO6Si4/c1-46(2,3)41-26-33-34(43-47(4,5)6)35(44-48(7,8)9)36(45-49(10,11)12)38(40,42-33)31-18-19-32(39)29(23-31)22-27-14-16-28(17-15-27)30-24-37(25-30)20-13-21-37/h14-19,23,30,33-36,40H,13,20-22,24-26H2,1-12H3/t33-,34-,35+,36-,38?/m1/s1. The van der Waals surface area contributed by atoms with Crippen molar-refractivity contribution >= 4 is 44.9 Å². The van der Waals surface area contributed by atoms with Crippen LogP contribution >= 0.6 is 11.6 Å². The van der Waals surface area contributed by atoms with Crippen LogP contribution in [0, 0.1) is 5.41 Å². The second-order valence-corrected chi connectivity index (χ2v) is 37.3. The van der Waals surface area contributed by atoms with Crippen LogP contribution in [0.4, 0.5) is 0 Å². The van der Waals surface area contributed by atoms with Gasteiger partial charge in [0.05, 0.1) is 6.61 Å². The van der Waals surface area contributed by atoms with E-state index in [2.05, 4.69) is 103 Å².